The maximum absolute atomic E-state index is 6.33. The van der Waals surface area contributed by atoms with Crippen molar-refractivity contribution in [2.75, 3.05) is 19.5 Å². The Balaban J connectivity index is 1.92. The van der Waals surface area contributed by atoms with Crippen molar-refractivity contribution >= 4 is 45.7 Å². The molecule has 30 heavy (non-hydrogen) atoms. The average Bonchev–Trinajstić information content (AvgIpc) is 3.05. The van der Waals surface area contributed by atoms with Crippen molar-refractivity contribution in [3.05, 3.63) is 57.8 Å². The Kier molecular flexibility index (Phi) is 5.40. The topological polar surface area (TPSA) is 74.1 Å². The molecule has 0 unspecified atom stereocenters. The lowest BCUT2D eigenvalue weighted by Gasteiger charge is -2.16. The third-order valence-electron chi connectivity index (χ3n) is 4.55. The highest BCUT2D eigenvalue weighted by molar-refractivity contribution is 6.32. The number of nitrogens with one attached hydrogen (secondary N) is 1. The van der Waals surface area contributed by atoms with Crippen LogP contribution >= 0.6 is 23.2 Å². The Morgan fingerprint density at radius 1 is 0.900 bits per heavy atom. The van der Waals surface area contributed by atoms with Gasteiger partial charge in [0.2, 0.25) is 0 Å². The molecule has 0 aliphatic heterocycles. The van der Waals surface area contributed by atoms with Crippen LogP contribution in [0.2, 0.25) is 10.0 Å². The summed E-state index contributed by atoms with van der Waals surface area (Å²) in [5, 5.41) is 8.88. The zero-order chi connectivity index (χ0) is 21.4. The van der Waals surface area contributed by atoms with Crippen molar-refractivity contribution in [1.29, 1.82) is 0 Å². The summed E-state index contributed by atoms with van der Waals surface area (Å²) in [7, 11) is 3.12. The van der Waals surface area contributed by atoms with E-state index < -0.39 is 0 Å². The number of halogens is 2. The van der Waals surface area contributed by atoms with Crippen LogP contribution < -0.4 is 14.8 Å². The monoisotopic (exact) mass is 443 g/mol. The van der Waals surface area contributed by atoms with E-state index in [1.165, 1.54) is 0 Å². The molecule has 4 rings (SSSR count). The van der Waals surface area contributed by atoms with Gasteiger partial charge >= 0.3 is 0 Å². The van der Waals surface area contributed by atoms with Gasteiger partial charge in [0.25, 0.3) is 0 Å². The largest absolute Gasteiger partial charge is 0.495 e. The Morgan fingerprint density at radius 2 is 1.67 bits per heavy atom. The third-order valence-corrected chi connectivity index (χ3v) is 5.08. The maximum Gasteiger partial charge on any atom is 0.197 e. The predicted molar refractivity (Wildman–Crippen MR) is 119 cm³/mol. The van der Waals surface area contributed by atoms with Gasteiger partial charge in [0.05, 0.1) is 41.7 Å². The van der Waals surface area contributed by atoms with E-state index in [0.29, 0.717) is 49.9 Å². The molecule has 0 saturated heterocycles. The van der Waals surface area contributed by atoms with Gasteiger partial charge in [-0.05, 0) is 44.2 Å². The lowest BCUT2D eigenvalue weighted by Crippen LogP contribution is -2.09. The van der Waals surface area contributed by atoms with Crippen LogP contribution in [-0.4, -0.2) is 34.0 Å². The number of anilines is 2. The standard InChI is InChI=1S/C21H19Cl2N5O2/c1-11-7-12(2)28(27-11)21-20(24-15-6-5-13(22)8-16(15)26-21)25-17-9-14(23)18(29-3)10-19(17)30-4/h5-10H,1-4H3,(H,24,25). The maximum atomic E-state index is 6.33. The number of methoxy groups -OCH3 is 2. The number of rotatable bonds is 5. The van der Waals surface area contributed by atoms with E-state index in [4.69, 9.17) is 42.6 Å². The highest BCUT2D eigenvalue weighted by Gasteiger charge is 2.18. The number of nitrogens with zero attached hydrogens (tertiary/aromatic N) is 4. The molecule has 0 bridgehead atoms. The second-order valence-electron chi connectivity index (χ2n) is 6.68. The van der Waals surface area contributed by atoms with Crippen molar-refractivity contribution in [2.24, 2.45) is 0 Å². The van der Waals surface area contributed by atoms with Crippen LogP contribution in [0, 0.1) is 13.8 Å². The van der Waals surface area contributed by atoms with Gasteiger partial charge in [-0.1, -0.05) is 23.2 Å². The van der Waals surface area contributed by atoms with Crippen LogP contribution in [0.15, 0.2) is 36.4 Å². The second kappa shape index (κ2) is 8.01. The molecule has 4 aromatic rings. The summed E-state index contributed by atoms with van der Waals surface area (Å²) in [6.07, 6.45) is 0. The van der Waals surface area contributed by atoms with Gasteiger partial charge in [0.1, 0.15) is 11.5 Å². The molecule has 2 heterocycles. The fourth-order valence-corrected chi connectivity index (χ4v) is 3.59. The summed E-state index contributed by atoms with van der Waals surface area (Å²) in [5.74, 6) is 2.09. The summed E-state index contributed by atoms with van der Waals surface area (Å²) < 4.78 is 12.5. The van der Waals surface area contributed by atoms with E-state index in [1.54, 1.807) is 43.2 Å². The van der Waals surface area contributed by atoms with E-state index >= 15 is 0 Å². The fraction of sp³-hybridized carbons (Fsp3) is 0.190. The van der Waals surface area contributed by atoms with Crippen LogP contribution in [0.5, 0.6) is 11.5 Å². The fourth-order valence-electron chi connectivity index (χ4n) is 3.18. The third kappa shape index (κ3) is 3.74. The van der Waals surface area contributed by atoms with Gasteiger partial charge < -0.3 is 14.8 Å². The van der Waals surface area contributed by atoms with Gasteiger partial charge in [0.15, 0.2) is 11.6 Å². The first-order chi connectivity index (χ1) is 14.4. The molecule has 0 radical (unpaired) electrons. The number of hydrogen-bond donors (Lipinski definition) is 1. The predicted octanol–water partition coefficient (Wildman–Crippen LogP) is 5.50. The highest BCUT2D eigenvalue weighted by atomic mass is 35.5. The molecule has 0 atom stereocenters. The Labute approximate surface area is 183 Å². The molecule has 0 spiro atoms. The lowest BCUT2D eigenvalue weighted by atomic mass is 10.2. The number of fused-ring (bicyclic) bond motifs is 1. The molecule has 0 fully saturated rings. The zero-order valence-corrected chi connectivity index (χ0v) is 18.3. The van der Waals surface area contributed by atoms with Gasteiger partial charge in [-0.15, -0.1) is 0 Å². The van der Waals surface area contributed by atoms with Crippen LogP contribution in [0.25, 0.3) is 16.9 Å². The molecular formula is C21H19Cl2N5O2. The average molecular weight is 444 g/mol. The quantitative estimate of drug-likeness (QED) is 0.438. The molecule has 2 aromatic heterocycles. The molecule has 1 N–H and O–H groups in total. The lowest BCUT2D eigenvalue weighted by molar-refractivity contribution is 0.396. The Bertz CT molecular complexity index is 1260. The summed E-state index contributed by atoms with van der Waals surface area (Å²) in [5.41, 5.74) is 3.76. The minimum Gasteiger partial charge on any atom is -0.495 e. The van der Waals surface area contributed by atoms with Crippen LogP contribution in [-0.2, 0) is 0 Å². The molecule has 154 valence electrons. The van der Waals surface area contributed by atoms with E-state index in [1.807, 2.05) is 26.0 Å². The van der Waals surface area contributed by atoms with Gasteiger partial charge in [-0.2, -0.15) is 5.10 Å². The molecule has 0 aliphatic rings. The number of ether oxygens (including phenoxy) is 2. The summed E-state index contributed by atoms with van der Waals surface area (Å²) in [6, 6.07) is 10.8. The summed E-state index contributed by atoms with van der Waals surface area (Å²) in [6.45, 7) is 3.88. The molecule has 9 heteroatoms. The first-order valence-corrected chi connectivity index (χ1v) is 9.84. The smallest absolute Gasteiger partial charge is 0.197 e. The minimum atomic E-state index is 0.439. The highest BCUT2D eigenvalue weighted by Crippen LogP contribution is 2.38. The molecule has 0 saturated carbocycles. The zero-order valence-electron chi connectivity index (χ0n) is 16.8. The van der Waals surface area contributed by atoms with Gasteiger partial charge in [-0.25, -0.2) is 14.6 Å². The van der Waals surface area contributed by atoms with E-state index in [2.05, 4.69) is 10.4 Å². The van der Waals surface area contributed by atoms with Crippen LogP contribution in [0.3, 0.4) is 0 Å². The van der Waals surface area contributed by atoms with Crippen molar-refractivity contribution < 1.29 is 9.47 Å². The Morgan fingerprint density at radius 3 is 2.33 bits per heavy atom. The Hall–Kier alpha value is -3.03. The minimum absolute atomic E-state index is 0.439. The van der Waals surface area contributed by atoms with Crippen LogP contribution in [0.4, 0.5) is 11.5 Å². The number of hydrogen-bond acceptors (Lipinski definition) is 6. The van der Waals surface area contributed by atoms with Crippen molar-refractivity contribution in [1.82, 2.24) is 19.7 Å². The summed E-state index contributed by atoms with van der Waals surface area (Å²) >= 11 is 12.5. The molecule has 2 aromatic carbocycles. The van der Waals surface area contributed by atoms with Gasteiger partial charge in [0, 0.05) is 16.8 Å². The summed E-state index contributed by atoms with van der Waals surface area (Å²) in [4.78, 5) is 9.54. The first-order valence-electron chi connectivity index (χ1n) is 9.09. The second-order valence-corrected chi connectivity index (χ2v) is 7.52. The normalized spacial score (nSPS) is 11.0. The first kappa shape index (κ1) is 20.3. The molecule has 7 nitrogen and oxygen atoms in total. The van der Waals surface area contributed by atoms with E-state index in [-0.39, 0.29) is 0 Å². The van der Waals surface area contributed by atoms with Crippen molar-refractivity contribution in [3.63, 3.8) is 0 Å². The van der Waals surface area contributed by atoms with Crippen molar-refractivity contribution in [3.8, 4) is 17.3 Å². The van der Waals surface area contributed by atoms with Gasteiger partial charge in [-0.3, -0.25) is 0 Å². The van der Waals surface area contributed by atoms with Crippen molar-refractivity contribution in [2.45, 2.75) is 13.8 Å². The number of benzene rings is 2. The van der Waals surface area contributed by atoms with E-state index in [9.17, 15) is 0 Å². The number of aromatic nitrogens is 4. The molecule has 0 amide bonds. The SMILES string of the molecule is COc1cc(OC)c(Nc2nc3ccc(Cl)cc3nc2-n2nc(C)cc2C)cc1Cl. The number of aryl methyl sites for hydroxylation is 2. The van der Waals surface area contributed by atoms with Crippen LogP contribution in [0.1, 0.15) is 11.4 Å². The molecule has 0 aliphatic carbocycles. The molecular weight excluding hydrogens is 425 g/mol. The van der Waals surface area contributed by atoms with E-state index in [0.717, 1.165) is 11.4 Å².